The fourth-order valence-electron chi connectivity index (χ4n) is 2.12. The Balaban J connectivity index is 2.04. The molecule has 0 saturated carbocycles. The summed E-state index contributed by atoms with van der Waals surface area (Å²) in [4.78, 5) is 14.9. The van der Waals surface area contributed by atoms with Gasteiger partial charge in [0.25, 0.3) is 0 Å². The Morgan fingerprint density at radius 2 is 2.41 bits per heavy atom. The minimum absolute atomic E-state index is 0.0561. The van der Waals surface area contributed by atoms with Crippen LogP contribution in [0.25, 0.3) is 0 Å². The summed E-state index contributed by atoms with van der Waals surface area (Å²) < 4.78 is 10.9. The van der Waals surface area contributed by atoms with Gasteiger partial charge in [0.2, 0.25) is 0 Å². The average molecular weight is 239 g/mol. The van der Waals surface area contributed by atoms with Gasteiger partial charge in [-0.2, -0.15) is 0 Å². The summed E-state index contributed by atoms with van der Waals surface area (Å²) in [5, 5.41) is 8.61. The van der Waals surface area contributed by atoms with E-state index in [1.54, 1.807) is 0 Å². The zero-order valence-electron chi connectivity index (χ0n) is 9.94. The molecule has 94 valence electrons. The summed E-state index contributed by atoms with van der Waals surface area (Å²) in [5.41, 5.74) is 0.935. The Kier molecular flexibility index (Phi) is 3.78. The van der Waals surface area contributed by atoms with Crippen molar-refractivity contribution >= 4 is 5.97 Å². The minimum Gasteiger partial charge on any atom is -0.481 e. The summed E-state index contributed by atoms with van der Waals surface area (Å²) in [6.07, 6.45) is 2.51. The molecule has 1 fully saturated rings. The third-order valence-electron chi connectivity index (χ3n) is 2.98. The number of hydrogen-bond donors (Lipinski definition) is 1. The van der Waals surface area contributed by atoms with E-state index >= 15 is 0 Å². The van der Waals surface area contributed by atoms with Crippen molar-refractivity contribution in [3.05, 3.63) is 17.3 Å². The molecule has 1 unspecified atom stereocenters. The molecular formula is C12H17NO4. The average Bonchev–Trinajstić information content (AvgIpc) is 2.69. The monoisotopic (exact) mass is 239 g/mol. The SMILES string of the molecule is Cc1oc(CCC(=O)O)nc1C1CCCOC1. The fourth-order valence-corrected chi connectivity index (χ4v) is 2.12. The molecule has 1 saturated heterocycles. The maximum Gasteiger partial charge on any atom is 0.303 e. The van der Waals surface area contributed by atoms with Crippen LogP contribution in [0.15, 0.2) is 4.42 Å². The van der Waals surface area contributed by atoms with E-state index in [2.05, 4.69) is 4.98 Å². The molecule has 1 aliphatic rings. The van der Waals surface area contributed by atoms with Crippen LogP contribution in [0, 0.1) is 6.92 Å². The molecule has 1 atom stereocenters. The molecule has 0 aromatic carbocycles. The van der Waals surface area contributed by atoms with E-state index in [1.165, 1.54) is 0 Å². The zero-order valence-corrected chi connectivity index (χ0v) is 9.94. The van der Waals surface area contributed by atoms with Crippen molar-refractivity contribution in [1.29, 1.82) is 0 Å². The number of carboxylic acids is 1. The topological polar surface area (TPSA) is 72.6 Å². The van der Waals surface area contributed by atoms with Gasteiger partial charge in [0, 0.05) is 18.9 Å². The third kappa shape index (κ3) is 3.06. The molecule has 1 aliphatic heterocycles. The first kappa shape index (κ1) is 12.1. The largest absolute Gasteiger partial charge is 0.481 e. The van der Waals surface area contributed by atoms with Gasteiger partial charge >= 0.3 is 5.97 Å². The molecule has 0 spiro atoms. The van der Waals surface area contributed by atoms with E-state index in [-0.39, 0.29) is 6.42 Å². The molecule has 0 bridgehead atoms. The number of rotatable bonds is 4. The number of oxazole rings is 1. The van der Waals surface area contributed by atoms with Crippen LogP contribution < -0.4 is 0 Å². The molecule has 0 amide bonds. The van der Waals surface area contributed by atoms with Crippen LogP contribution in [0.4, 0.5) is 0 Å². The number of hydrogen-bond acceptors (Lipinski definition) is 4. The van der Waals surface area contributed by atoms with Crippen molar-refractivity contribution < 1.29 is 19.1 Å². The third-order valence-corrected chi connectivity index (χ3v) is 2.98. The highest BCUT2D eigenvalue weighted by Gasteiger charge is 2.22. The highest BCUT2D eigenvalue weighted by molar-refractivity contribution is 5.66. The number of carboxylic acid groups (broad SMARTS) is 1. The van der Waals surface area contributed by atoms with Gasteiger partial charge in [0.15, 0.2) is 5.89 Å². The van der Waals surface area contributed by atoms with Crippen molar-refractivity contribution in [2.24, 2.45) is 0 Å². The number of aromatic nitrogens is 1. The van der Waals surface area contributed by atoms with Gasteiger partial charge < -0.3 is 14.3 Å². The predicted molar refractivity (Wildman–Crippen MR) is 60.0 cm³/mol. The predicted octanol–water partition coefficient (Wildman–Crippen LogP) is 1.89. The summed E-state index contributed by atoms with van der Waals surface area (Å²) in [6, 6.07) is 0. The lowest BCUT2D eigenvalue weighted by molar-refractivity contribution is -0.137. The van der Waals surface area contributed by atoms with Crippen LogP contribution in [0.3, 0.4) is 0 Å². The lowest BCUT2D eigenvalue weighted by Crippen LogP contribution is -2.16. The number of nitrogens with zero attached hydrogens (tertiary/aromatic N) is 1. The van der Waals surface area contributed by atoms with E-state index in [0.29, 0.717) is 24.8 Å². The second-order valence-electron chi connectivity index (χ2n) is 4.36. The lowest BCUT2D eigenvalue weighted by Gasteiger charge is -2.20. The standard InChI is InChI=1S/C12H17NO4/c1-8-12(9-3-2-6-16-7-9)13-10(17-8)4-5-11(14)15/h9H,2-7H2,1H3,(H,14,15). The summed E-state index contributed by atoms with van der Waals surface area (Å²) >= 11 is 0. The van der Waals surface area contributed by atoms with E-state index in [9.17, 15) is 4.79 Å². The highest BCUT2D eigenvalue weighted by atomic mass is 16.5. The van der Waals surface area contributed by atoms with Crippen molar-refractivity contribution in [2.45, 2.75) is 38.5 Å². The smallest absolute Gasteiger partial charge is 0.303 e. The number of carbonyl (C=O) groups is 1. The number of aryl methyl sites for hydroxylation is 2. The van der Waals surface area contributed by atoms with Crippen LogP contribution in [-0.2, 0) is 16.0 Å². The summed E-state index contributed by atoms with van der Waals surface area (Å²) in [6.45, 7) is 3.38. The van der Waals surface area contributed by atoms with Gasteiger partial charge in [-0.3, -0.25) is 4.79 Å². The van der Waals surface area contributed by atoms with Crippen molar-refractivity contribution in [3.63, 3.8) is 0 Å². The second-order valence-corrected chi connectivity index (χ2v) is 4.36. The van der Waals surface area contributed by atoms with Crippen molar-refractivity contribution in [2.75, 3.05) is 13.2 Å². The Bertz CT molecular complexity index is 393. The lowest BCUT2D eigenvalue weighted by atomic mass is 9.98. The van der Waals surface area contributed by atoms with Gasteiger partial charge in [0.05, 0.1) is 18.7 Å². The van der Waals surface area contributed by atoms with Crippen LogP contribution in [0.2, 0.25) is 0 Å². The van der Waals surface area contributed by atoms with Crippen LogP contribution in [-0.4, -0.2) is 29.3 Å². The maximum atomic E-state index is 10.5. The molecule has 0 aliphatic carbocycles. The molecule has 1 aromatic rings. The Labute approximate surface area is 99.8 Å². The number of ether oxygens (including phenoxy) is 1. The van der Waals surface area contributed by atoms with Crippen LogP contribution in [0.1, 0.15) is 42.5 Å². The summed E-state index contributed by atoms with van der Waals surface area (Å²) in [5.74, 6) is 0.779. The minimum atomic E-state index is -0.830. The van der Waals surface area contributed by atoms with Crippen molar-refractivity contribution in [1.82, 2.24) is 4.98 Å². The molecule has 2 rings (SSSR count). The number of aliphatic carboxylic acids is 1. The molecule has 5 nitrogen and oxygen atoms in total. The quantitative estimate of drug-likeness (QED) is 0.868. The molecular weight excluding hydrogens is 222 g/mol. The Hall–Kier alpha value is -1.36. The van der Waals surface area contributed by atoms with E-state index in [0.717, 1.165) is 30.9 Å². The zero-order chi connectivity index (χ0) is 12.3. The Morgan fingerprint density at radius 1 is 1.59 bits per heavy atom. The van der Waals surface area contributed by atoms with Gasteiger partial charge in [0.1, 0.15) is 5.76 Å². The first-order valence-corrected chi connectivity index (χ1v) is 5.92. The Morgan fingerprint density at radius 3 is 3.06 bits per heavy atom. The molecule has 17 heavy (non-hydrogen) atoms. The second kappa shape index (κ2) is 5.31. The van der Waals surface area contributed by atoms with E-state index < -0.39 is 5.97 Å². The molecule has 0 radical (unpaired) electrons. The highest BCUT2D eigenvalue weighted by Crippen LogP contribution is 2.27. The van der Waals surface area contributed by atoms with E-state index in [4.69, 9.17) is 14.3 Å². The van der Waals surface area contributed by atoms with Gasteiger partial charge in [-0.15, -0.1) is 0 Å². The van der Waals surface area contributed by atoms with Gasteiger partial charge in [-0.25, -0.2) is 4.98 Å². The molecule has 2 heterocycles. The van der Waals surface area contributed by atoms with Crippen LogP contribution >= 0.6 is 0 Å². The first-order chi connectivity index (χ1) is 8.16. The first-order valence-electron chi connectivity index (χ1n) is 5.92. The fraction of sp³-hybridized carbons (Fsp3) is 0.667. The van der Waals surface area contributed by atoms with Crippen LogP contribution in [0.5, 0.6) is 0 Å². The van der Waals surface area contributed by atoms with Gasteiger partial charge in [-0.1, -0.05) is 0 Å². The maximum absolute atomic E-state index is 10.5. The molecule has 1 aromatic heterocycles. The van der Waals surface area contributed by atoms with E-state index in [1.807, 2.05) is 6.92 Å². The summed E-state index contributed by atoms with van der Waals surface area (Å²) in [7, 11) is 0. The molecule has 5 heteroatoms. The van der Waals surface area contributed by atoms with Crippen molar-refractivity contribution in [3.8, 4) is 0 Å². The van der Waals surface area contributed by atoms with Gasteiger partial charge in [-0.05, 0) is 19.8 Å². The molecule has 1 N–H and O–H groups in total. The normalized spacial score (nSPS) is 20.4.